The fourth-order valence-corrected chi connectivity index (χ4v) is 3.20. The molecule has 0 heterocycles. The molecule has 0 aromatic rings. The van der Waals surface area contributed by atoms with Crippen LogP contribution in [0, 0.1) is 0 Å². The number of alkyl carbamates (subject to hydrolysis) is 1. The summed E-state index contributed by atoms with van der Waals surface area (Å²) in [5, 5.41) is 2.59. The summed E-state index contributed by atoms with van der Waals surface area (Å²) in [5.74, 6) is -0.460. The predicted molar refractivity (Wildman–Crippen MR) is 149 cm³/mol. The van der Waals surface area contributed by atoms with E-state index in [0.717, 1.165) is 19.3 Å². The van der Waals surface area contributed by atoms with Crippen molar-refractivity contribution >= 4 is 35.4 Å². The maximum atomic E-state index is 12.8. The van der Waals surface area contributed by atoms with E-state index in [-0.39, 0.29) is 13.2 Å². The highest BCUT2D eigenvalue weighted by Gasteiger charge is 2.28. The molecule has 0 saturated carbocycles. The number of carbonyl (C=O) groups excluding carboxylic acids is 3. The number of nitrogens with one attached hydrogen (secondary N) is 1. The van der Waals surface area contributed by atoms with Crippen molar-refractivity contribution in [2.45, 2.75) is 118 Å². The molecule has 38 heavy (non-hydrogen) atoms. The number of nitrogens with zero attached hydrogens (tertiary/aromatic N) is 3. The lowest BCUT2D eigenvalue weighted by Crippen LogP contribution is -2.45. The summed E-state index contributed by atoms with van der Waals surface area (Å²) in [6.45, 7) is 14.0. The van der Waals surface area contributed by atoms with Crippen molar-refractivity contribution in [1.82, 2.24) is 5.32 Å². The lowest BCUT2D eigenvalue weighted by Gasteiger charge is -2.25. The maximum Gasteiger partial charge on any atom is 0.408 e. The first kappa shape index (κ1) is 34.8. The van der Waals surface area contributed by atoms with Gasteiger partial charge in [0.1, 0.15) is 24.3 Å². The summed E-state index contributed by atoms with van der Waals surface area (Å²) < 4.78 is 16.2. The lowest BCUT2D eigenvalue weighted by molar-refractivity contribution is -0.149. The molecule has 0 saturated heterocycles. The second-order valence-corrected chi connectivity index (χ2v) is 9.88. The number of rotatable bonds is 17. The Hall–Kier alpha value is -3.18. The van der Waals surface area contributed by atoms with Gasteiger partial charge in [-0.3, -0.25) is 9.98 Å². The molecule has 0 aliphatic heterocycles. The quantitative estimate of drug-likeness (QED) is 0.109. The normalized spacial score (nSPS) is 15.3. The van der Waals surface area contributed by atoms with Crippen LogP contribution in [0.2, 0.25) is 0 Å². The highest BCUT2D eigenvalue weighted by Crippen LogP contribution is 2.12. The van der Waals surface area contributed by atoms with Crippen LogP contribution in [0.4, 0.5) is 4.79 Å². The van der Waals surface area contributed by atoms with Gasteiger partial charge in [-0.05, 0) is 54.4 Å². The minimum absolute atomic E-state index is 0.139. The summed E-state index contributed by atoms with van der Waals surface area (Å²) in [5.41, 5.74) is 10.6. The highest BCUT2D eigenvalue weighted by molar-refractivity contribution is 5.89. The molecule has 0 fully saturated rings. The van der Waals surface area contributed by atoms with Crippen molar-refractivity contribution in [1.29, 1.82) is 0 Å². The fraction of sp³-hybridized carbons (Fsp3) is 0.769. The van der Waals surface area contributed by atoms with E-state index in [0.29, 0.717) is 36.6 Å². The number of hydrogen-bond donors (Lipinski definition) is 3. The van der Waals surface area contributed by atoms with E-state index in [1.54, 1.807) is 41.5 Å². The van der Waals surface area contributed by atoms with Crippen LogP contribution >= 0.6 is 0 Å². The third kappa shape index (κ3) is 16.5. The monoisotopic (exact) mass is 540 g/mol. The van der Waals surface area contributed by atoms with Gasteiger partial charge in [0.15, 0.2) is 6.23 Å². The first-order valence-electron chi connectivity index (χ1n) is 13.2. The number of nitrogens with two attached hydrogens (primary N) is 2. The van der Waals surface area contributed by atoms with Crippen LogP contribution in [-0.4, -0.2) is 72.5 Å². The molecule has 0 bridgehead atoms. The van der Waals surface area contributed by atoms with Gasteiger partial charge in [-0.15, -0.1) is 0 Å². The lowest BCUT2D eigenvalue weighted by atomic mass is 10.1. The predicted octanol–water partition coefficient (Wildman–Crippen LogP) is 3.26. The summed E-state index contributed by atoms with van der Waals surface area (Å²) in [7, 11) is 0. The van der Waals surface area contributed by atoms with E-state index in [4.69, 9.17) is 25.7 Å². The highest BCUT2D eigenvalue weighted by atomic mass is 16.6. The van der Waals surface area contributed by atoms with Crippen molar-refractivity contribution in [3.05, 3.63) is 0 Å². The van der Waals surface area contributed by atoms with Gasteiger partial charge in [0, 0.05) is 5.71 Å². The molecule has 12 heteroatoms. The molecule has 0 aromatic carbocycles. The van der Waals surface area contributed by atoms with Gasteiger partial charge in [-0.2, -0.15) is 0 Å². The molecule has 1 amide bonds. The Morgan fingerprint density at radius 2 is 1.53 bits per heavy atom. The van der Waals surface area contributed by atoms with Crippen molar-refractivity contribution in [3.8, 4) is 0 Å². The average molecular weight is 541 g/mol. The van der Waals surface area contributed by atoms with Crippen LogP contribution in [-0.2, 0) is 23.8 Å². The van der Waals surface area contributed by atoms with Gasteiger partial charge >= 0.3 is 18.0 Å². The molecular formula is C26H48N6O6. The van der Waals surface area contributed by atoms with Crippen molar-refractivity contribution < 1.29 is 28.6 Å². The van der Waals surface area contributed by atoms with Crippen LogP contribution in [0.5, 0.6) is 0 Å². The molecule has 0 spiro atoms. The fourth-order valence-electron chi connectivity index (χ4n) is 3.20. The molecule has 0 aromatic heterocycles. The maximum absolute atomic E-state index is 12.8. The Labute approximate surface area is 227 Å². The molecule has 0 rings (SSSR count). The van der Waals surface area contributed by atoms with Gasteiger partial charge < -0.3 is 31.0 Å². The number of esters is 2. The smallest absolute Gasteiger partial charge is 0.408 e. The molecule has 3 atom stereocenters. The standard InChI is InChI=1S/C26H48N6O6/c1-9-11-13-21(32-25(35)38-26(7,8)16-29-18(4)27)23(33)36-15-17(3)30-22(14-12-10-2)24(34)37-20(6)31-19(5)28/h20-22H,9-16H2,1-8H3,(H2,27,29)(H2,28,31)(H,32,35). The zero-order valence-electron chi connectivity index (χ0n) is 24.3. The molecule has 3 unspecified atom stereocenters. The number of amides is 1. The summed E-state index contributed by atoms with van der Waals surface area (Å²) in [4.78, 5) is 50.4. The van der Waals surface area contributed by atoms with Crippen molar-refractivity contribution in [2.75, 3.05) is 13.2 Å². The van der Waals surface area contributed by atoms with Gasteiger partial charge in [-0.25, -0.2) is 19.4 Å². The topological polar surface area (TPSA) is 180 Å². The Bertz CT molecular complexity index is 847. The number of ether oxygens (including phenoxy) is 3. The van der Waals surface area contributed by atoms with Gasteiger partial charge in [0.05, 0.1) is 18.2 Å². The number of unbranched alkanes of at least 4 members (excludes halogenated alkanes) is 2. The third-order valence-corrected chi connectivity index (χ3v) is 5.08. The van der Waals surface area contributed by atoms with E-state index in [9.17, 15) is 14.4 Å². The number of hydrogen-bond acceptors (Lipinski definition) is 9. The summed E-state index contributed by atoms with van der Waals surface area (Å²) in [6.07, 6.45) is 2.53. The molecular weight excluding hydrogens is 492 g/mol. The van der Waals surface area contributed by atoms with E-state index in [1.165, 1.54) is 0 Å². The van der Waals surface area contributed by atoms with Crippen LogP contribution < -0.4 is 16.8 Å². The van der Waals surface area contributed by atoms with E-state index < -0.39 is 41.9 Å². The molecule has 218 valence electrons. The van der Waals surface area contributed by atoms with Crippen LogP contribution in [0.15, 0.2) is 15.0 Å². The van der Waals surface area contributed by atoms with Gasteiger partial charge in [0.25, 0.3) is 0 Å². The number of aliphatic imine (C=N–C) groups is 3. The molecule has 0 aliphatic rings. The van der Waals surface area contributed by atoms with E-state index in [2.05, 4.69) is 20.3 Å². The Kier molecular flexibility index (Phi) is 16.6. The minimum atomic E-state index is -0.916. The zero-order chi connectivity index (χ0) is 29.3. The second kappa shape index (κ2) is 18.1. The van der Waals surface area contributed by atoms with Crippen molar-refractivity contribution in [3.63, 3.8) is 0 Å². The van der Waals surface area contributed by atoms with Crippen LogP contribution in [0.25, 0.3) is 0 Å². The Morgan fingerprint density at radius 1 is 0.921 bits per heavy atom. The first-order chi connectivity index (χ1) is 17.7. The first-order valence-corrected chi connectivity index (χ1v) is 13.2. The third-order valence-electron chi connectivity index (χ3n) is 5.08. The SMILES string of the molecule is CCCCC(N=C(C)COC(=O)C(CCCC)NC(=O)OC(C)(C)CN=C(C)N)C(=O)OC(C)/N=C(/C)N. The molecule has 12 nitrogen and oxygen atoms in total. The van der Waals surface area contributed by atoms with Crippen LogP contribution in [0.1, 0.15) is 93.9 Å². The molecule has 0 radical (unpaired) electrons. The summed E-state index contributed by atoms with van der Waals surface area (Å²) in [6, 6.07) is -1.65. The minimum Gasteiger partial charge on any atom is -0.458 e. The second-order valence-electron chi connectivity index (χ2n) is 9.88. The van der Waals surface area contributed by atoms with Gasteiger partial charge in [-0.1, -0.05) is 39.5 Å². The zero-order valence-corrected chi connectivity index (χ0v) is 24.3. The average Bonchev–Trinajstić information content (AvgIpc) is 2.80. The molecule has 0 aliphatic carbocycles. The summed E-state index contributed by atoms with van der Waals surface area (Å²) >= 11 is 0. The Morgan fingerprint density at radius 3 is 2.08 bits per heavy atom. The largest absolute Gasteiger partial charge is 0.458 e. The number of carbonyl (C=O) groups is 3. The Balaban J connectivity index is 5.27. The van der Waals surface area contributed by atoms with E-state index >= 15 is 0 Å². The number of amidine groups is 2. The molecule has 5 N–H and O–H groups in total. The van der Waals surface area contributed by atoms with E-state index in [1.807, 2.05) is 13.8 Å². The van der Waals surface area contributed by atoms with Gasteiger partial charge in [0.2, 0.25) is 0 Å². The van der Waals surface area contributed by atoms with Crippen molar-refractivity contribution in [2.24, 2.45) is 26.4 Å². The van der Waals surface area contributed by atoms with Crippen LogP contribution in [0.3, 0.4) is 0 Å².